The second-order valence-corrected chi connectivity index (χ2v) is 7.34. The molecule has 0 aromatic heterocycles. The normalized spacial score (nSPS) is 12.8. The lowest BCUT2D eigenvalue weighted by molar-refractivity contribution is -0.682. The number of benzene rings is 3. The van der Waals surface area contributed by atoms with Gasteiger partial charge in [-0.25, -0.2) is 0 Å². The topological polar surface area (TPSA) is 54.9 Å². The number of halogens is 1. The van der Waals surface area contributed by atoms with Gasteiger partial charge < -0.3 is 15.4 Å². The monoisotopic (exact) mass is 409 g/mol. The summed E-state index contributed by atoms with van der Waals surface area (Å²) in [5.74, 6) is 0.752. The van der Waals surface area contributed by atoms with Crippen molar-refractivity contribution in [2.24, 2.45) is 0 Å². The molecule has 0 spiro atoms. The van der Waals surface area contributed by atoms with Gasteiger partial charge in [-0.1, -0.05) is 72.3 Å². The predicted molar refractivity (Wildman–Crippen MR) is 116 cm³/mol. The van der Waals surface area contributed by atoms with Gasteiger partial charge in [0.05, 0.1) is 13.2 Å². The van der Waals surface area contributed by atoms with E-state index in [1.54, 1.807) is 7.11 Å². The number of ether oxygens (including phenoxy) is 1. The first-order chi connectivity index (χ1) is 14.1. The molecule has 150 valence electrons. The number of methoxy groups -OCH3 is 1. The molecule has 4 nitrogen and oxygen atoms in total. The average Bonchev–Trinajstić information content (AvgIpc) is 2.77. The van der Waals surface area contributed by atoms with Crippen molar-refractivity contribution in [1.29, 1.82) is 0 Å². The van der Waals surface area contributed by atoms with Gasteiger partial charge in [-0.3, -0.25) is 4.79 Å². The molecule has 0 aliphatic heterocycles. The fourth-order valence-corrected chi connectivity index (χ4v) is 3.58. The molecule has 0 aliphatic rings. The number of rotatable bonds is 8. The number of quaternary nitrogens is 1. The van der Waals surface area contributed by atoms with Gasteiger partial charge in [0.15, 0.2) is 6.54 Å². The zero-order chi connectivity index (χ0) is 20.6. The van der Waals surface area contributed by atoms with Gasteiger partial charge in [0, 0.05) is 10.6 Å². The zero-order valence-electron chi connectivity index (χ0n) is 16.6. The SMILES string of the molecule is COc1ccc([C@H](NC(=O)C[NH2+][C@H](C)c2ccccc2Cl)c2ccccc2)cc1. The van der Waals surface area contributed by atoms with E-state index in [4.69, 9.17) is 16.3 Å². The van der Waals surface area contributed by atoms with Crippen molar-refractivity contribution in [2.45, 2.75) is 19.0 Å². The molecule has 0 saturated heterocycles. The number of amides is 1. The van der Waals surface area contributed by atoms with Gasteiger partial charge in [0.2, 0.25) is 0 Å². The standard InChI is InChI=1S/C24H25ClN2O2/c1-17(21-10-6-7-11-22(21)25)26-16-23(28)27-24(18-8-4-3-5-9-18)19-12-14-20(29-2)15-13-19/h3-15,17,24,26H,16H2,1-2H3,(H,27,28)/p+1/t17-,24-/m1/s1. The van der Waals surface area contributed by atoms with Gasteiger partial charge in [-0.2, -0.15) is 0 Å². The van der Waals surface area contributed by atoms with Gasteiger partial charge in [0.25, 0.3) is 5.91 Å². The van der Waals surface area contributed by atoms with E-state index < -0.39 is 0 Å². The van der Waals surface area contributed by atoms with Crippen molar-refractivity contribution in [3.05, 3.63) is 101 Å². The number of nitrogens with two attached hydrogens (primary N) is 1. The summed E-state index contributed by atoms with van der Waals surface area (Å²) in [4.78, 5) is 12.7. The van der Waals surface area contributed by atoms with E-state index in [-0.39, 0.29) is 18.0 Å². The highest BCUT2D eigenvalue weighted by molar-refractivity contribution is 6.31. The number of hydrogen-bond donors (Lipinski definition) is 2. The average molecular weight is 410 g/mol. The number of carbonyl (C=O) groups is 1. The summed E-state index contributed by atoms with van der Waals surface area (Å²) in [6.07, 6.45) is 0. The van der Waals surface area contributed by atoms with Crippen LogP contribution in [0.3, 0.4) is 0 Å². The fraction of sp³-hybridized carbons (Fsp3) is 0.208. The van der Waals surface area contributed by atoms with E-state index in [1.807, 2.05) is 91.1 Å². The Morgan fingerprint density at radius 3 is 2.24 bits per heavy atom. The van der Waals surface area contributed by atoms with Crippen LogP contribution in [0.5, 0.6) is 5.75 Å². The molecule has 3 N–H and O–H groups in total. The molecule has 0 bridgehead atoms. The Kier molecular flexibility index (Phi) is 7.28. The lowest BCUT2D eigenvalue weighted by atomic mass is 9.98. The smallest absolute Gasteiger partial charge is 0.275 e. The molecule has 0 unspecified atom stereocenters. The van der Waals surface area contributed by atoms with Crippen LogP contribution in [0.15, 0.2) is 78.9 Å². The molecule has 29 heavy (non-hydrogen) atoms. The highest BCUT2D eigenvalue weighted by Gasteiger charge is 2.19. The summed E-state index contributed by atoms with van der Waals surface area (Å²) in [5, 5.41) is 5.88. The highest BCUT2D eigenvalue weighted by atomic mass is 35.5. The first kappa shape index (κ1) is 20.9. The molecule has 1 amide bonds. The van der Waals surface area contributed by atoms with Crippen LogP contribution in [0.1, 0.15) is 35.7 Å². The summed E-state index contributed by atoms with van der Waals surface area (Å²) < 4.78 is 5.25. The molecule has 0 heterocycles. The second kappa shape index (κ2) is 10.1. The molecule has 0 radical (unpaired) electrons. The molecule has 0 fully saturated rings. The molecule has 3 rings (SSSR count). The molecule has 0 aliphatic carbocycles. The van der Waals surface area contributed by atoms with Crippen molar-refractivity contribution in [3.8, 4) is 5.75 Å². The molecule has 5 heteroatoms. The summed E-state index contributed by atoms with van der Waals surface area (Å²) in [5.41, 5.74) is 3.06. The minimum atomic E-state index is -0.223. The Hall–Kier alpha value is -2.82. The van der Waals surface area contributed by atoms with Crippen LogP contribution in [-0.4, -0.2) is 19.6 Å². The van der Waals surface area contributed by atoms with Crippen LogP contribution in [-0.2, 0) is 4.79 Å². The van der Waals surface area contributed by atoms with Crippen molar-refractivity contribution < 1.29 is 14.8 Å². The van der Waals surface area contributed by atoms with E-state index >= 15 is 0 Å². The fourth-order valence-electron chi connectivity index (χ4n) is 3.28. The second-order valence-electron chi connectivity index (χ2n) is 6.93. The Labute approximate surface area is 176 Å². The predicted octanol–water partition coefficient (Wildman–Crippen LogP) is 3.88. The van der Waals surface area contributed by atoms with Crippen LogP contribution in [0.25, 0.3) is 0 Å². The van der Waals surface area contributed by atoms with E-state index in [9.17, 15) is 4.79 Å². The van der Waals surface area contributed by atoms with Crippen LogP contribution in [0.4, 0.5) is 0 Å². The maximum Gasteiger partial charge on any atom is 0.275 e. The molecular weight excluding hydrogens is 384 g/mol. The molecule has 2 atom stereocenters. The summed E-state index contributed by atoms with van der Waals surface area (Å²) >= 11 is 6.27. The van der Waals surface area contributed by atoms with Crippen molar-refractivity contribution >= 4 is 17.5 Å². The minimum Gasteiger partial charge on any atom is -0.497 e. The van der Waals surface area contributed by atoms with Gasteiger partial charge in [0.1, 0.15) is 11.8 Å². The van der Waals surface area contributed by atoms with Crippen LogP contribution < -0.4 is 15.4 Å². The van der Waals surface area contributed by atoms with Crippen molar-refractivity contribution in [2.75, 3.05) is 13.7 Å². The Morgan fingerprint density at radius 2 is 1.59 bits per heavy atom. The van der Waals surface area contributed by atoms with Gasteiger partial charge >= 0.3 is 0 Å². The molecule has 3 aromatic rings. The van der Waals surface area contributed by atoms with E-state index in [1.165, 1.54) is 0 Å². The van der Waals surface area contributed by atoms with Crippen molar-refractivity contribution in [3.63, 3.8) is 0 Å². The van der Waals surface area contributed by atoms with Crippen LogP contribution in [0.2, 0.25) is 5.02 Å². The third kappa shape index (κ3) is 5.59. The maximum atomic E-state index is 12.7. The third-order valence-corrected chi connectivity index (χ3v) is 5.28. The summed E-state index contributed by atoms with van der Waals surface area (Å²) in [7, 11) is 1.64. The number of nitrogens with one attached hydrogen (secondary N) is 1. The van der Waals surface area contributed by atoms with E-state index in [0.717, 1.165) is 27.5 Å². The minimum absolute atomic E-state index is 0.0337. The largest absolute Gasteiger partial charge is 0.497 e. The van der Waals surface area contributed by atoms with Crippen molar-refractivity contribution in [1.82, 2.24) is 5.32 Å². The lowest BCUT2D eigenvalue weighted by Gasteiger charge is -2.20. The maximum absolute atomic E-state index is 12.7. The quantitative estimate of drug-likeness (QED) is 0.593. The molecule has 3 aromatic carbocycles. The first-order valence-corrected chi connectivity index (χ1v) is 10.0. The third-order valence-electron chi connectivity index (χ3n) is 4.94. The van der Waals surface area contributed by atoms with Crippen LogP contribution in [0, 0.1) is 0 Å². The molecular formula is C24H26ClN2O2+. The van der Waals surface area contributed by atoms with E-state index in [2.05, 4.69) is 5.32 Å². The first-order valence-electron chi connectivity index (χ1n) is 9.64. The Bertz CT molecular complexity index is 929. The number of carbonyl (C=O) groups excluding carboxylic acids is 1. The number of hydrogen-bond acceptors (Lipinski definition) is 2. The Morgan fingerprint density at radius 1 is 0.966 bits per heavy atom. The van der Waals surface area contributed by atoms with Crippen LogP contribution >= 0.6 is 11.6 Å². The lowest BCUT2D eigenvalue weighted by Crippen LogP contribution is -2.87. The summed E-state index contributed by atoms with van der Waals surface area (Å²) in [6.45, 7) is 2.36. The van der Waals surface area contributed by atoms with Gasteiger partial charge in [-0.05, 0) is 36.2 Å². The zero-order valence-corrected chi connectivity index (χ0v) is 17.4. The Balaban J connectivity index is 1.70. The highest BCUT2D eigenvalue weighted by Crippen LogP contribution is 2.24. The van der Waals surface area contributed by atoms with E-state index in [0.29, 0.717) is 6.54 Å². The van der Waals surface area contributed by atoms with Gasteiger partial charge in [-0.15, -0.1) is 0 Å². The molecule has 0 saturated carbocycles. The summed E-state index contributed by atoms with van der Waals surface area (Å²) in [6, 6.07) is 25.3.